The third kappa shape index (κ3) is 5.62. The molecule has 1 heterocycles. The Morgan fingerprint density at radius 2 is 1.87 bits per heavy atom. The van der Waals surface area contributed by atoms with Crippen molar-refractivity contribution < 1.29 is 14.3 Å². The minimum absolute atomic E-state index is 0.0826. The van der Waals surface area contributed by atoms with Crippen molar-refractivity contribution in [2.75, 3.05) is 23.8 Å². The summed E-state index contributed by atoms with van der Waals surface area (Å²) in [5.74, 6) is -1.30. The van der Waals surface area contributed by atoms with Crippen LogP contribution in [0.2, 0.25) is 0 Å². The molecule has 0 saturated heterocycles. The molecule has 0 saturated carbocycles. The second kappa shape index (κ2) is 10.6. The van der Waals surface area contributed by atoms with E-state index in [0.29, 0.717) is 24.9 Å². The number of esters is 1. The Morgan fingerprint density at radius 1 is 1.16 bits per heavy atom. The van der Waals surface area contributed by atoms with Gasteiger partial charge in [-0.3, -0.25) is 19.1 Å². The molecular formula is C22H30N4O5. The van der Waals surface area contributed by atoms with Gasteiger partial charge in [-0.2, -0.15) is 0 Å². The fourth-order valence-electron chi connectivity index (χ4n) is 3.29. The minimum atomic E-state index is -0.750. The predicted octanol–water partition coefficient (Wildman–Crippen LogP) is 2.14. The first-order chi connectivity index (χ1) is 14.7. The number of aryl methyl sites for hydroxylation is 2. The summed E-state index contributed by atoms with van der Waals surface area (Å²) in [6.45, 7) is 7.45. The van der Waals surface area contributed by atoms with Gasteiger partial charge in [0.25, 0.3) is 11.5 Å². The maximum Gasteiger partial charge on any atom is 0.338 e. The molecule has 0 radical (unpaired) electrons. The van der Waals surface area contributed by atoms with E-state index in [1.54, 1.807) is 19.1 Å². The van der Waals surface area contributed by atoms with E-state index >= 15 is 0 Å². The van der Waals surface area contributed by atoms with Crippen LogP contribution in [0.15, 0.2) is 27.8 Å². The summed E-state index contributed by atoms with van der Waals surface area (Å²) in [5.41, 5.74) is 6.74. The maximum absolute atomic E-state index is 12.9. The topological polar surface area (TPSA) is 127 Å². The average Bonchev–Trinajstić information content (AvgIpc) is 2.71. The van der Waals surface area contributed by atoms with Crippen molar-refractivity contribution in [3.63, 3.8) is 0 Å². The summed E-state index contributed by atoms with van der Waals surface area (Å²) in [6, 6.07) is 5.29. The number of aromatic nitrogens is 2. The first-order valence-electron chi connectivity index (χ1n) is 10.4. The van der Waals surface area contributed by atoms with E-state index < -0.39 is 29.7 Å². The van der Waals surface area contributed by atoms with Gasteiger partial charge in [-0.05, 0) is 38.3 Å². The van der Waals surface area contributed by atoms with Crippen LogP contribution in [0.5, 0.6) is 0 Å². The molecule has 0 fully saturated rings. The van der Waals surface area contributed by atoms with E-state index in [-0.39, 0.29) is 18.1 Å². The van der Waals surface area contributed by atoms with E-state index in [0.717, 1.165) is 17.5 Å². The molecule has 31 heavy (non-hydrogen) atoms. The molecule has 1 amide bonds. The number of nitrogens with one attached hydrogen (secondary N) is 1. The number of carbonyl (C=O) groups excluding carboxylic acids is 2. The second-order valence-electron chi connectivity index (χ2n) is 7.44. The smallest absolute Gasteiger partial charge is 0.338 e. The van der Waals surface area contributed by atoms with Crippen LogP contribution in [-0.4, -0.2) is 34.6 Å². The van der Waals surface area contributed by atoms with Crippen molar-refractivity contribution in [1.29, 1.82) is 0 Å². The number of H-pyrrole nitrogens is 1. The molecule has 0 aliphatic heterocycles. The van der Waals surface area contributed by atoms with Gasteiger partial charge < -0.3 is 15.4 Å². The number of hydrogen-bond acceptors (Lipinski definition) is 6. The summed E-state index contributed by atoms with van der Waals surface area (Å²) in [7, 11) is 0. The number of nitrogen functional groups attached to an aromatic ring is 1. The van der Waals surface area contributed by atoms with Crippen LogP contribution in [0.25, 0.3) is 0 Å². The lowest BCUT2D eigenvalue weighted by molar-refractivity contribution is -0.121. The number of unbranched alkanes of at least 4 members (excludes halogenated alkanes) is 1. The summed E-state index contributed by atoms with van der Waals surface area (Å²) in [5, 5.41) is 0. The van der Waals surface area contributed by atoms with Crippen molar-refractivity contribution in [1.82, 2.24) is 9.55 Å². The molecule has 1 aromatic heterocycles. The van der Waals surface area contributed by atoms with E-state index in [2.05, 4.69) is 4.98 Å². The quantitative estimate of drug-likeness (QED) is 0.587. The summed E-state index contributed by atoms with van der Waals surface area (Å²) >= 11 is 0. The molecular weight excluding hydrogens is 400 g/mol. The first-order valence-corrected chi connectivity index (χ1v) is 10.4. The van der Waals surface area contributed by atoms with Crippen molar-refractivity contribution in [3.05, 3.63) is 55.7 Å². The summed E-state index contributed by atoms with van der Waals surface area (Å²) < 4.78 is 6.45. The van der Waals surface area contributed by atoms with Gasteiger partial charge in [-0.1, -0.05) is 38.0 Å². The van der Waals surface area contributed by atoms with Crippen molar-refractivity contribution in [2.45, 2.75) is 53.5 Å². The molecule has 168 valence electrons. The van der Waals surface area contributed by atoms with Gasteiger partial charge >= 0.3 is 11.7 Å². The SMILES string of the molecule is CCCCN(C(=O)COC(=O)c1ccc(C)cc1C)c1c(N)n(CCC)c(=O)[nH]c1=O. The van der Waals surface area contributed by atoms with Crippen LogP contribution in [0.1, 0.15) is 54.6 Å². The zero-order valence-corrected chi connectivity index (χ0v) is 18.5. The third-order valence-electron chi connectivity index (χ3n) is 4.90. The van der Waals surface area contributed by atoms with Crippen LogP contribution >= 0.6 is 0 Å². The first kappa shape index (κ1) is 23.9. The molecule has 0 aliphatic rings. The molecule has 1 aromatic carbocycles. The number of rotatable bonds is 9. The number of amides is 1. The van der Waals surface area contributed by atoms with Crippen molar-refractivity contribution >= 4 is 23.4 Å². The summed E-state index contributed by atoms with van der Waals surface area (Å²) in [6.07, 6.45) is 1.98. The Hall–Kier alpha value is -3.36. The lowest BCUT2D eigenvalue weighted by atomic mass is 10.1. The van der Waals surface area contributed by atoms with Crippen LogP contribution in [-0.2, 0) is 16.1 Å². The highest BCUT2D eigenvalue weighted by molar-refractivity contribution is 5.98. The molecule has 0 spiro atoms. The molecule has 2 rings (SSSR count). The van der Waals surface area contributed by atoms with E-state index in [4.69, 9.17) is 10.5 Å². The zero-order chi connectivity index (χ0) is 23.1. The number of nitrogens with two attached hydrogens (primary N) is 1. The van der Waals surface area contributed by atoms with Gasteiger partial charge in [0, 0.05) is 13.1 Å². The Balaban J connectivity index is 2.31. The van der Waals surface area contributed by atoms with Crippen LogP contribution in [0.4, 0.5) is 11.5 Å². The van der Waals surface area contributed by atoms with Crippen molar-refractivity contribution in [2.24, 2.45) is 0 Å². The van der Waals surface area contributed by atoms with Gasteiger partial charge in [-0.15, -0.1) is 0 Å². The number of hydrogen-bond donors (Lipinski definition) is 2. The van der Waals surface area contributed by atoms with Gasteiger partial charge in [0.1, 0.15) is 5.82 Å². The fraction of sp³-hybridized carbons (Fsp3) is 0.455. The Morgan fingerprint density at radius 3 is 2.48 bits per heavy atom. The van der Waals surface area contributed by atoms with E-state index in [9.17, 15) is 19.2 Å². The molecule has 0 unspecified atom stereocenters. The lowest BCUT2D eigenvalue weighted by Crippen LogP contribution is -2.43. The average molecular weight is 431 g/mol. The number of nitrogens with zero attached hydrogens (tertiary/aromatic N) is 2. The van der Waals surface area contributed by atoms with Gasteiger partial charge in [0.2, 0.25) is 0 Å². The number of ether oxygens (including phenoxy) is 1. The second-order valence-corrected chi connectivity index (χ2v) is 7.44. The lowest BCUT2D eigenvalue weighted by Gasteiger charge is -2.24. The monoisotopic (exact) mass is 430 g/mol. The Kier molecular flexibility index (Phi) is 8.18. The predicted molar refractivity (Wildman–Crippen MR) is 119 cm³/mol. The number of aromatic amines is 1. The molecule has 9 heteroatoms. The van der Waals surface area contributed by atoms with Gasteiger partial charge in [-0.25, -0.2) is 9.59 Å². The van der Waals surface area contributed by atoms with E-state index in [1.807, 2.05) is 26.8 Å². The van der Waals surface area contributed by atoms with Crippen molar-refractivity contribution in [3.8, 4) is 0 Å². The number of anilines is 2. The highest BCUT2D eigenvalue weighted by atomic mass is 16.5. The molecule has 0 atom stereocenters. The standard InChI is InChI=1S/C22H30N4O5/c1-5-7-11-25(18-19(23)26(10-6-2)22(30)24-20(18)28)17(27)13-31-21(29)16-9-8-14(3)12-15(16)4/h8-9,12H,5-7,10-11,13,23H2,1-4H3,(H,24,28,30). The molecule has 9 nitrogen and oxygen atoms in total. The fourth-order valence-corrected chi connectivity index (χ4v) is 3.29. The Labute approximate surface area is 180 Å². The highest BCUT2D eigenvalue weighted by Gasteiger charge is 2.25. The Bertz CT molecular complexity index is 1070. The largest absolute Gasteiger partial charge is 0.452 e. The number of carbonyl (C=O) groups is 2. The minimum Gasteiger partial charge on any atom is -0.452 e. The molecule has 0 aliphatic carbocycles. The highest BCUT2D eigenvalue weighted by Crippen LogP contribution is 2.18. The normalized spacial score (nSPS) is 10.7. The van der Waals surface area contributed by atoms with Gasteiger partial charge in [0.15, 0.2) is 12.3 Å². The molecule has 0 bridgehead atoms. The zero-order valence-electron chi connectivity index (χ0n) is 18.5. The van der Waals surface area contributed by atoms with Crippen LogP contribution in [0, 0.1) is 13.8 Å². The van der Waals surface area contributed by atoms with Crippen LogP contribution < -0.4 is 21.9 Å². The van der Waals surface area contributed by atoms with E-state index in [1.165, 1.54) is 9.47 Å². The van der Waals surface area contributed by atoms with Gasteiger partial charge in [0.05, 0.1) is 5.56 Å². The summed E-state index contributed by atoms with van der Waals surface area (Å²) in [4.78, 5) is 53.4. The molecule has 2 aromatic rings. The number of benzene rings is 1. The van der Waals surface area contributed by atoms with Crippen LogP contribution in [0.3, 0.4) is 0 Å². The molecule has 3 N–H and O–H groups in total. The maximum atomic E-state index is 12.9. The third-order valence-corrected chi connectivity index (χ3v) is 4.90.